The number of benzene rings is 1. The first-order chi connectivity index (χ1) is 8.88. The van der Waals surface area contributed by atoms with E-state index in [2.05, 4.69) is 0 Å². The molecule has 0 radical (unpaired) electrons. The van der Waals surface area contributed by atoms with Gasteiger partial charge in [-0.15, -0.1) is 0 Å². The average Bonchev–Trinajstić information content (AvgIpc) is 2.37. The number of carbonyl (C=O) groups is 2. The van der Waals surface area contributed by atoms with E-state index in [9.17, 15) is 9.59 Å². The molecule has 2 amide bonds. The van der Waals surface area contributed by atoms with Crippen molar-refractivity contribution in [2.75, 3.05) is 40.5 Å². The second-order valence-corrected chi connectivity index (χ2v) is 4.38. The highest BCUT2D eigenvalue weighted by molar-refractivity contribution is 6.00. The number of likely N-dealkylation sites (N-methyl/N-ethyl adjacent to an activating group) is 2. The maximum absolute atomic E-state index is 12.3. The molecular weight excluding hydrogens is 246 g/mol. The Morgan fingerprint density at radius 3 is 2.42 bits per heavy atom. The van der Waals surface area contributed by atoms with Crippen LogP contribution in [0.2, 0.25) is 0 Å². The summed E-state index contributed by atoms with van der Waals surface area (Å²) < 4.78 is 5.13. The van der Waals surface area contributed by atoms with Crippen LogP contribution in [0.1, 0.15) is 10.4 Å². The molecule has 0 aliphatic heterocycles. The van der Waals surface area contributed by atoms with Gasteiger partial charge in [-0.05, 0) is 12.1 Å². The summed E-state index contributed by atoms with van der Waals surface area (Å²) in [6.07, 6.45) is 0. The van der Waals surface area contributed by atoms with E-state index in [1.807, 2.05) is 0 Å². The van der Waals surface area contributed by atoms with Crippen LogP contribution in [-0.4, -0.2) is 56.4 Å². The first-order valence-electron chi connectivity index (χ1n) is 5.76. The van der Waals surface area contributed by atoms with Crippen molar-refractivity contribution in [1.82, 2.24) is 9.80 Å². The van der Waals surface area contributed by atoms with Crippen molar-refractivity contribution in [3.63, 3.8) is 0 Å². The Bertz CT molecular complexity index is 486. The molecule has 1 aromatic carbocycles. The summed E-state index contributed by atoms with van der Waals surface area (Å²) in [6, 6.07) is 4.95. The van der Waals surface area contributed by atoms with Crippen LogP contribution in [0.15, 0.2) is 18.2 Å². The molecule has 2 N–H and O–H groups in total. The maximum Gasteiger partial charge on any atom is 0.257 e. The van der Waals surface area contributed by atoms with Gasteiger partial charge in [-0.2, -0.15) is 0 Å². The first kappa shape index (κ1) is 14.8. The standard InChI is InChI=1S/C13H19N3O3/c1-15(2)11(17)8-16(3)13(18)9-6-5-7-10(14)12(9)19-4/h5-7H,8,14H2,1-4H3. The van der Waals surface area contributed by atoms with Gasteiger partial charge in [-0.25, -0.2) is 0 Å². The summed E-state index contributed by atoms with van der Waals surface area (Å²) in [7, 11) is 6.29. The van der Waals surface area contributed by atoms with Crippen LogP contribution in [0.25, 0.3) is 0 Å². The Labute approximate surface area is 112 Å². The molecule has 1 aromatic rings. The van der Waals surface area contributed by atoms with Crippen molar-refractivity contribution in [3.8, 4) is 5.75 Å². The highest BCUT2D eigenvalue weighted by Crippen LogP contribution is 2.26. The molecule has 0 fully saturated rings. The maximum atomic E-state index is 12.3. The molecule has 0 aromatic heterocycles. The van der Waals surface area contributed by atoms with E-state index in [1.165, 1.54) is 16.9 Å². The second kappa shape index (κ2) is 6.08. The Balaban J connectivity index is 2.94. The SMILES string of the molecule is COc1c(N)cccc1C(=O)N(C)CC(=O)N(C)C. The van der Waals surface area contributed by atoms with Crippen LogP contribution in [-0.2, 0) is 4.79 Å². The fourth-order valence-electron chi connectivity index (χ4n) is 1.57. The first-order valence-corrected chi connectivity index (χ1v) is 5.76. The molecule has 0 bridgehead atoms. The largest absolute Gasteiger partial charge is 0.494 e. The van der Waals surface area contributed by atoms with E-state index in [4.69, 9.17) is 10.5 Å². The van der Waals surface area contributed by atoms with Crippen LogP contribution >= 0.6 is 0 Å². The van der Waals surface area contributed by atoms with E-state index in [1.54, 1.807) is 39.3 Å². The summed E-state index contributed by atoms with van der Waals surface area (Å²) in [5.74, 6) is -0.130. The number of hydrogen-bond donors (Lipinski definition) is 1. The lowest BCUT2D eigenvalue weighted by molar-refractivity contribution is -0.129. The lowest BCUT2D eigenvalue weighted by atomic mass is 10.1. The summed E-state index contributed by atoms with van der Waals surface area (Å²) >= 11 is 0. The number of rotatable bonds is 4. The second-order valence-electron chi connectivity index (χ2n) is 4.38. The van der Waals surface area contributed by atoms with Crippen LogP contribution in [0, 0.1) is 0 Å². The zero-order valence-electron chi connectivity index (χ0n) is 11.6. The summed E-state index contributed by atoms with van der Waals surface area (Å²) in [5.41, 5.74) is 6.48. The molecule has 0 unspecified atom stereocenters. The van der Waals surface area contributed by atoms with Crippen LogP contribution in [0.4, 0.5) is 5.69 Å². The number of nitrogens with zero attached hydrogens (tertiary/aromatic N) is 2. The molecule has 6 heteroatoms. The van der Waals surface area contributed by atoms with E-state index < -0.39 is 0 Å². The van der Waals surface area contributed by atoms with Crippen LogP contribution in [0.3, 0.4) is 0 Å². The number of carbonyl (C=O) groups excluding carboxylic acids is 2. The van der Waals surface area contributed by atoms with Crippen molar-refractivity contribution in [2.45, 2.75) is 0 Å². The van der Waals surface area contributed by atoms with Gasteiger partial charge in [0.25, 0.3) is 5.91 Å². The van der Waals surface area contributed by atoms with E-state index >= 15 is 0 Å². The summed E-state index contributed by atoms with van der Waals surface area (Å²) in [4.78, 5) is 26.6. The van der Waals surface area contributed by atoms with Gasteiger partial charge < -0.3 is 20.3 Å². The Morgan fingerprint density at radius 2 is 1.89 bits per heavy atom. The quantitative estimate of drug-likeness (QED) is 0.801. The third-order valence-corrected chi connectivity index (χ3v) is 2.70. The molecule has 104 valence electrons. The molecule has 0 saturated carbocycles. The third-order valence-electron chi connectivity index (χ3n) is 2.70. The molecule has 0 atom stereocenters. The highest BCUT2D eigenvalue weighted by atomic mass is 16.5. The van der Waals surface area contributed by atoms with Gasteiger partial charge in [0.05, 0.1) is 24.9 Å². The number of para-hydroxylation sites is 1. The number of nitrogen functional groups attached to an aromatic ring is 1. The van der Waals surface area contributed by atoms with Gasteiger partial charge in [0.2, 0.25) is 5.91 Å². The molecule has 0 saturated heterocycles. The lowest BCUT2D eigenvalue weighted by Gasteiger charge is -2.20. The van der Waals surface area contributed by atoms with Gasteiger partial charge >= 0.3 is 0 Å². The number of nitrogens with two attached hydrogens (primary N) is 1. The Kier molecular flexibility index (Phi) is 4.74. The van der Waals surface area contributed by atoms with Gasteiger partial charge in [0, 0.05) is 21.1 Å². The Morgan fingerprint density at radius 1 is 1.26 bits per heavy atom. The number of anilines is 1. The van der Waals surface area contributed by atoms with Gasteiger partial charge in [0.15, 0.2) is 5.75 Å². The lowest BCUT2D eigenvalue weighted by Crippen LogP contribution is -2.37. The zero-order valence-corrected chi connectivity index (χ0v) is 11.6. The van der Waals surface area contributed by atoms with Crippen molar-refractivity contribution >= 4 is 17.5 Å². The van der Waals surface area contributed by atoms with Gasteiger partial charge in [-0.3, -0.25) is 9.59 Å². The molecule has 0 aliphatic rings. The number of ether oxygens (including phenoxy) is 1. The van der Waals surface area contributed by atoms with Crippen molar-refractivity contribution in [1.29, 1.82) is 0 Å². The van der Waals surface area contributed by atoms with Crippen molar-refractivity contribution in [3.05, 3.63) is 23.8 Å². The average molecular weight is 265 g/mol. The fourth-order valence-corrected chi connectivity index (χ4v) is 1.57. The van der Waals surface area contributed by atoms with Gasteiger partial charge in [0.1, 0.15) is 0 Å². The van der Waals surface area contributed by atoms with E-state index in [0.717, 1.165) is 0 Å². The third kappa shape index (κ3) is 3.37. The molecule has 0 heterocycles. The Hall–Kier alpha value is -2.24. The minimum atomic E-state index is -0.306. The van der Waals surface area contributed by atoms with Crippen molar-refractivity contribution < 1.29 is 14.3 Å². The van der Waals surface area contributed by atoms with E-state index in [-0.39, 0.29) is 18.4 Å². The monoisotopic (exact) mass is 265 g/mol. The number of hydrogen-bond acceptors (Lipinski definition) is 4. The number of methoxy groups -OCH3 is 1. The minimum Gasteiger partial charge on any atom is -0.494 e. The highest BCUT2D eigenvalue weighted by Gasteiger charge is 2.20. The van der Waals surface area contributed by atoms with Crippen LogP contribution in [0.5, 0.6) is 5.75 Å². The van der Waals surface area contributed by atoms with Crippen molar-refractivity contribution in [2.24, 2.45) is 0 Å². The predicted octanol–water partition coefficient (Wildman–Crippen LogP) is 0.438. The molecule has 0 spiro atoms. The fraction of sp³-hybridized carbons (Fsp3) is 0.385. The van der Waals surface area contributed by atoms with Gasteiger partial charge in [-0.1, -0.05) is 6.07 Å². The molecule has 1 rings (SSSR count). The number of amides is 2. The predicted molar refractivity (Wildman–Crippen MR) is 73.1 cm³/mol. The summed E-state index contributed by atoms with van der Waals surface area (Å²) in [5, 5.41) is 0. The topological polar surface area (TPSA) is 75.9 Å². The molecular formula is C13H19N3O3. The smallest absolute Gasteiger partial charge is 0.257 e. The zero-order chi connectivity index (χ0) is 14.6. The molecule has 19 heavy (non-hydrogen) atoms. The minimum absolute atomic E-state index is 0.00376. The molecule has 0 aliphatic carbocycles. The normalized spacial score (nSPS) is 9.89. The summed E-state index contributed by atoms with van der Waals surface area (Å²) in [6.45, 7) is 0.00376. The molecule has 6 nitrogen and oxygen atoms in total. The van der Waals surface area contributed by atoms with Crippen LogP contribution < -0.4 is 10.5 Å². The van der Waals surface area contributed by atoms with E-state index in [0.29, 0.717) is 17.0 Å².